The van der Waals surface area contributed by atoms with Gasteiger partial charge < -0.3 is 10.3 Å². The quantitative estimate of drug-likeness (QED) is 0.275. The number of carbonyl (C=O) groups is 2. The Morgan fingerprint density at radius 3 is 2.16 bits per heavy atom. The van der Waals surface area contributed by atoms with Gasteiger partial charge >= 0.3 is 17.9 Å². The second kappa shape index (κ2) is 8.00. The lowest BCUT2D eigenvalue weighted by Gasteiger charge is -2.17. The van der Waals surface area contributed by atoms with Crippen LogP contribution in [0.4, 0.5) is 33.7 Å². The number of nitrogens with zero attached hydrogens (tertiary/aromatic N) is 2. The standard InChI is InChI=1S/C12H10F3N3O4.C4H3FN2O2/c1-11(2)9(19)17(10(20)16-11)6-3-4-8(18(21)22)7(5-6)12(13,14)15;5-2-1-6-4(9)7-3(2)8/h3-5H,1-2H3,(H,16,20);1H,(H2,6,7,8,9). The number of nitro groups is 1. The summed E-state index contributed by atoms with van der Waals surface area (Å²) in [7, 11) is 0. The third kappa shape index (κ3) is 4.93. The summed E-state index contributed by atoms with van der Waals surface area (Å²) in [6, 6.07) is 1.06. The van der Waals surface area contributed by atoms with Gasteiger partial charge in [0.15, 0.2) is 0 Å². The summed E-state index contributed by atoms with van der Waals surface area (Å²) in [4.78, 5) is 57.8. The summed E-state index contributed by atoms with van der Waals surface area (Å²) in [5.41, 5.74) is -6.04. The first kappa shape index (κ1) is 23.2. The number of halogens is 4. The third-order valence-corrected chi connectivity index (χ3v) is 3.87. The van der Waals surface area contributed by atoms with Crippen LogP contribution in [0.25, 0.3) is 0 Å². The van der Waals surface area contributed by atoms with Gasteiger partial charge in [-0.15, -0.1) is 0 Å². The Balaban J connectivity index is 0.000000316. The molecule has 3 amide bonds. The van der Waals surface area contributed by atoms with Crippen LogP contribution < -0.4 is 21.5 Å². The first-order valence-electron chi connectivity index (χ1n) is 8.15. The van der Waals surface area contributed by atoms with E-state index in [9.17, 15) is 46.9 Å². The molecule has 0 unspecified atom stereocenters. The van der Waals surface area contributed by atoms with E-state index >= 15 is 0 Å². The van der Waals surface area contributed by atoms with Crippen LogP contribution in [0.3, 0.4) is 0 Å². The summed E-state index contributed by atoms with van der Waals surface area (Å²) in [5, 5.41) is 13.0. The summed E-state index contributed by atoms with van der Waals surface area (Å²) in [5.74, 6) is -1.74. The van der Waals surface area contributed by atoms with Gasteiger partial charge in [0.2, 0.25) is 5.82 Å². The minimum atomic E-state index is -4.99. The third-order valence-electron chi connectivity index (χ3n) is 3.87. The Kier molecular flexibility index (Phi) is 6.00. The molecule has 1 saturated heterocycles. The normalized spacial score (nSPS) is 15.2. The number of aromatic amines is 2. The van der Waals surface area contributed by atoms with E-state index in [0.29, 0.717) is 23.2 Å². The smallest absolute Gasteiger partial charge is 0.323 e. The Bertz CT molecular complexity index is 1170. The van der Waals surface area contributed by atoms with Crippen molar-refractivity contribution in [3.8, 4) is 0 Å². The van der Waals surface area contributed by atoms with Crippen molar-refractivity contribution in [3.63, 3.8) is 0 Å². The number of rotatable bonds is 2. The highest BCUT2D eigenvalue weighted by Gasteiger charge is 2.46. The van der Waals surface area contributed by atoms with Crippen LogP contribution in [0, 0.1) is 15.9 Å². The van der Waals surface area contributed by atoms with Gasteiger partial charge in [-0.2, -0.15) is 17.6 Å². The number of benzene rings is 1. The van der Waals surface area contributed by atoms with Crippen LogP contribution >= 0.6 is 0 Å². The van der Waals surface area contributed by atoms with E-state index in [-0.39, 0.29) is 5.69 Å². The molecule has 2 heterocycles. The van der Waals surface area contributed by atoms with Crippen molar-refractivity contribution in [2.75, 3.05) is 4.90 Å². The van der Waals surface area contributed by atoms with Gasteiger partial charge in [-0.25, -0.2) is 14.5 Å². The first-order chi connectivity index (χ1) is 14.1. The van der Waals surface area contributed by atoms with E-state index in [4.69, 9.17) is 0 Å². The number of imide groups is 1. The lowest BCUT2D eigenvalue weighted by atomic mass is 10.1. The molecule has 1 aliphatic rings. The lowest BCUT2D eigenvalue weighted by molar-refractivity contribution is -0.388. The molecule has 0 spiro atoms. The fraction of sp³-hybridized carbons (Fsp3) is 0.250. The highest BCUT2D eigenvalue weighted by molar-refractivity contribution is 6.23. The van der Waals surface area contributed by atoms with E-state index in [0.717, 1.165) is 6.07 Å². The zero-order valence-electron chi connectivity index (χ0n) is 15.7. The monoisotopic (exact) mass is 447 g/mol. The largest absolute Gasteiger partial charge is 0.423 e. The summed E-state index contributed by atoms with van der Waals surface area (Å²) >= 11 is 0. The van der Waals surface area contributed by atoms with Gasteiger partial charge in [0.1, 0.15) is 11.1 Å². The summed E-state index contributed by atoms with van der Waals surface area (Å²) in [6.45, 7) is 2.78. The molecule has 31 heavy (non-hydrogen) atoms. The van der Waals surface area contributed by atoms with Gasteiger partial charge in [-0.05, 0) is 26.0 Å². The maximum absolute atomic E-state index is 12.9. The van der Waals surface area contributed by atoms with E-state index in [1.54, 1.807) is 4.98 Å². The predicted octanol–water partition coefficient (Wildman–Crippen LogP) is 1.65. The van der Waals surface area contributed by atoms with Crippen LogP contribution in [-0.4, -0.2) is 32.4 Å². The second-order valence-corrected chi connectivity index (χ2v) is 6.57. The van der Waals surface area contributed by atoms with Crippen molar-refractivity contribution in [2.24, 2.45) is 0 Å². The number of amides is 3. The van der Waals surface area contributed by atoms with Gasteiger partial charge in [0.05, 0.1) is 10.6 Å². The Labute approximate surface area is 168 Å². The molecule has 0 bridgehead atoms. The molecular weight excluding hydrogens is 434 g/mol. The molecule has 1 aromatic heterocycles. The van der Waals surface area contributed by atoms with Crippen molar-refractivity contribution in [3.05, 3.63) is 66.7 Å². The van der Waals surface area contributed by atoms with Crippen LogP contribution in [0.2, 0.25) is 0 Å². The molecule has 1 aromatic carbocycles. The SMILES string of the molecule is CC1(C)NC(=O)N(c2ccc([N+](=O)[O-])c(C(F)(F)F)c2)C1=O.O=c1[nH]cc(F)c(=O)[nH]1. The number of hydrogen-bond acceptors (Lipinski definition) is 6. The molecule has 0 aliphatic carbocycles. The number of H-pyrrole nitrogens is 2. The summed E-state index contributed by atoms with van der Waals surface area (Å²) in [6.07, 6.45) is -4.28. The van der Waals surface area contributed by atoms with Crippen molar-refractivity contribution < 1.29 is 32.1 Å². The number of hydrogen-bond donors (Lipinski definition) is 3. The number of alkyl halides is 3. The van der Waals surface area contributed by atoms with Gasteiger partial charge in [-0.1, -0.05) is 0 Å². The molecule has 3 N–H and O–H groups in total. The number of aromatic nitrogens is 2. The highest BCUT2D eigenvalue weighted by Crippen LogP contribution is 2.39. The number of anilines is 1. The number of urea groups is 1. The molecular formula is C16H13F4N5O6. The van der Waals surface area contributed by atoms with Crippen LogP contribution in [0.5, 0.6) is 0 Å². The predicted molar refractivity (Wildman–Crippen MR) is 95.8 cm³/mol. The molecule has 0 atom stereocenters. The lowest BCUT2D eigenvalue weighted by Crippen LogP contribution is -2.40. The zero-order chi connectivity index (χ0) is 23.7. The molecule has 3 rings (SSSR count). The Morgan fingerprint density at radius 2 is 1.74 bits per heavy atom. The average Bonchev–Trinajstić information content (AvgIpc) is 2.84. The number of nitrogens with one attached hydrogen (secondary N) is 3. The fourth-order valence-electron chi connectivity index (χ4n) is 2.43. The molecule has 11 nitrogen and oxygen atoms in total. The van der Waals surface area contributed by atoms with Crippen molar-refractivity contribution in [1.29, 1.82) is 0 Å². The highest BCUT2D eigenvalue weighted by atomic mass is 19.4. The van der Waals surface area contributed by atoms with Gasteiger partial charge in [0, 0.05) is 12.3 Å². The number of nitro benzene ring substituents is 1. The summed E-state index contributed by atoms with van der Waals surface area (Å²) < 4.78 is 50.7. The molecule has 0 radical (unpaired) electrons. The molecule has 1 fully saturated rings. The molecule has 0 saturated carbocycles. The van der Waals surface area contributed by atoms with Crippen molar-refractivity contribution in [1.82, 2.24) is 15.3 Å². The van der Waals surface area contributed by atoms with Gasteiger partial charge in [-0.3, -0.25) is 24.7 Å². The van der Waals surface area contributed by atoms with Crippen LogP contribution in [0.1, 0.15) is 19.4 Å². The van der Waals surface area contributed by atoms with E-state index in [1.165, 1.54) is 13.8 Å². The van der Waals surface area contributed by atoms with Crippen molar-refractivity contribution in [2.45, 2.75) is 25.6 Å². The van der Waals surface area contributed by atoms with Crippen molar-refractivity contribution >= 4 is 23.3 Å². The Hall–Kier alpha value is -4.04. The maximum Gasteiger partial charge on any atom is 0.423 e. The molecule has 1 aliphatic heterocycles. The average molecular weight is 447 g/mol. The fourth-order valence-corrected chi connectivity index (χ4v) is 2.43. The Morgan fingerprint density at radius 1 is 1.13 bits per heavy atom. The minimum Gasteiger partial charge on any atom is -0.323 e. The zero-order valence-corrected chi connectivity index (χ0v) is 15.7. The topological polar surface area (TPSA) is 158 Å². The maximum atomic E-state index is 12.9. The van der Waals surface area contributed by atoms with Crippen LogP contribution in [0.15, 0.2) is 34.0 Å². The van der Waals surface area contributed by atoms with Gasteiger partial charge in [0.25, 0.3) is 17.2 Å². The number of carbonyl (C=O) groups excluding carboxylic acids is 2. The molecule has 2 aromatic rings. The van der Waals surface area contributed by atoms with E-state index in [1.807, 2.05) is 4.98 Å². The minimum absolute atomic E-state index is 0.383. The van der Waals surface area contributed by atoms with E-state index < -0.39 is 56.9 Å². The van der Waals surface area contributed by atoms with E-state index in [2.05, 4.69) is 5.32 Å². The second-order valence-electron chi connectivity index (χ2n) is 6.57. The molecule has 15 heteroatoms. The molecule has 166 valence electrons. The van der Waals surface area contributed by atoms with Crippen LogP contribution in [-0.2, 0) is 11.0 Å². The first-order valence-corrected chi connectivity index (χ1v) is 8.15.